The number of nitrogens with zero attached hydrogens (tertiary/aromatic N) is 3. The van der Waals surface area contributed by atoms with Crippen molar-refractivity contribution < 1.29 is 35.9 Å². The van der Waals surface area contributed by atoms with Gasteiger partial charge in [-0.2, -0.15) is 13.2 Å². The summed E-state index contributed by atoms with van der Waals surface area (Å²) in [6.45, 7) is 3.61. The highest BCUT2D eigenvalue weighted by Crippen LogP contribution is 2.34. The fourth-order valence-corrected chi connectivity index (χ4v) is 5.46. The molecular weight excluding hydrogens is 624 g/mol. The number of aromatic nitrogens is 3. The summed E-state index contributed by atoms with van der Waals surface area (Å²) in [4.78, 5) is 34.9. The van der Waals surface area contributed by atoms with Crippen LogP contribution in [0.15, 0.2) is 73.2 Å². The first kappa shape index (κ1) is 33.2. The molecule has 2 aromatic heterocycles. The quantitative estimate of drug-likeness (QED) is 0.166. The number of rotatable bonds is 9. The lowest BCUT2D eigenvalue weighted by molar-refractivity contribution is -0.152. The first-order chi connectivity index (χ1) is 22.2. The van der Waals surface area contributed by atoms with Crippen molar-refractivity contribution in [2.75, 3.05) is 7.05 Å². The van der Waals surface area contributed by atoms with Gasteiger partial charge < -0.3 is 15.2 Å². The van der Waals surface area contributed by atoms with E-state index in [1.165, 1.54) is 37.8 Å². The van der Waals surface area contributed by atoms with Crippen molar-refractivity contribution in [3.8, 4) is 11.1 Å². The Bertz CT molecular complexity index is 1950. The smallest absolute Gasteiger partial charge is 0.355 e. The number of benzene rings is 3. The van der Waals surface area contributed by atoms with Crippen LogP contribution < -0.4 is 10.6 Å². The summed E-state index contributed by atoms with van der Waals surface area (Å²) < 4.78 is 86.1. The minimum absolute atomic E-state index is 0.0844. The Labute approximate surface area is 265 Å². The summed E-state index contributed by atoms with van der Waals surface area (Å²) in [6.07, 6.45) is -4.05. The van der Waals surface area contributed by atoms with E-state index in [1.54, 1.807) is 25.1 Å². The lowest BCUT2D eigenvalue weighted by atomic mass is 9.94. The van der Waals surface area contributed by atoms with Crippen molar-refractivity contribution >= 4 is 22.8 Å². The van der Waals surface area contributed by atoms with Crippen LogP contribution in [0.5, 0.6) is 0 Å². The zero-order valence-electron chi connectivity index (χ0n) is 25.4. The Kier molecular flexibility index (Phi) is 9.36. The number of pyridine rings is 1. The molecule has 0 radical (unpaired) electrons. The van der Waals surface area contributed by atoms with Gasteiger partial charge in [-0.05, 0) is 85.0 Å². The molecular formula is C34H29F6N5O2. The molecule has 0 fully saturated rings. The molecule has 2 heterocycles. The number of carbonyl (C=O) groups is 2. The standard InChI is InChI=1S/C34H29F6N5O2/c1-18-9-27-29(10-19(18)2)45(17-43-27)30(16-34(38,39)40)33(47)44-28(13-20-11-22(35)15-23(36)12-20)31-24(5-4-8-42-31)21-6-7-26(37)25(14-21)32(46)41-3/h4-12,14-15,17,28,30H,13,16H2,1-3H3,(H,41,46)(H,44,47)/t28-,30?/m0/s1. The minimum Gasteiger partial charge on any atom is -0.355 e. The number of fused-ring (bicyclic) bond motifs is 1. The summed E-state index contributed by atoms with van der Waals surface area (Å²) in [5, 5.41) is 4.99. The van der Waals surface area contributed by atoms with Gasteiger partial charge in [-0.15, -0.1) is 0 Å². The van der Waals surface area contributed by atoms with Gasteiger partial charge in [0, 0.05) is 24.9 Å². The molecule has 13 heteroatoms. The van der Waals surface area contributed by atoms with Crippen LogP contribution in [0.4, 0.5) is 26.3 Å². The molecule has 47 heavy (non-hydrogen) atoms. The molecule has 7 nitrogen and oxygen atoms in total. The molecule has 0 spiro atoms. The van der Waals surface area contributed by atoms with Crippen LogP contribution in [0.3, 0.4) is 0 Å². The first-order valence-electron chi connectivity index (χ1n) is 14.5. The molecule has 5 rings (SSSR count). The summed E-state index contributed by atoms with van der Waals surface area (Å²) in [5.41, 5.74) is 2.87. The van der Waals surface area contributed by atoms with Crippen molar-refractivity contribution in [3.05, 3.63) is 119 Å². The van der Waals surface area contributed by atoms with E-state index < -0.39 is 53.9 Å². The number of hydrogen-bond acceptors (Lipinski definition) is 4. The lowest BCUT2D eigenvalue weighted by Crippen LogP contribution is -2.38. The molecule has 0 bridgehead atoms. The van der Waals surface area contributed by atoms with E-state index in [0.717, 1.165) is 33.9 Å². The summed E-state index contributed by atoms with van der Waals surface area (Å²) in [5.74, 6) is -4.35. The van der Waals surface area contributed by atoms with E-state index in [0.29, 0.717) is 28.2 Å². The molecule has 2 atom stereocenters. The average molecular weight is 654 g/mol. The number of hydrogen-bond donors (Lipinski definition) is 2. The topological polar surface area (TPSA) is 88.9 Å². The molecule has 0 aliphatic heterocycles. The maximum absolute atomic E-state index is 14.5. The molecule has 0 saturated carbocycles. The summed E-state index contributed by atoms with van der Waals surface area (Å²) >= 11 is 0. The van der Waals surface area contributed by atoms with Crippen molar-refractivity contribution in [1.82, 2.24) is 25.2 Å². The second-order valence-corrected chi connectivity index (χ2v) is 11.2. The fourth-order valence-electron chi connectivity index (χ4n) is 5.46. The van der Waals surface area contributed by atoms with E-state index in [2.05, 4.69) is 20.6 Å². The van der Waals surface area contributed by atoms with Crippen LogP contribution in [0, 0.1) is 31.3 Å². The largest absolute Gasteiger partial charge is 0.391 e. The molecule has 0 saturated heterocycles. The highest BCUT2D eigenvalue weighted by Gasteiger charge is 2.38. The average Bonchev–Trinajstić information content (AvgIpc) is 3.40. The van der Waals surface area contributed by atoms with E-state index in [-0.39, 0.29) is 23.2 Å². The third kappa shape index (κ3) is 7.45. The van der Waals surface area contributed by atoms with E-state index in [4.69, 9.17) is 0 Å². The lowest BCUT2D eigenvalue weighted by Gasteiger charge is -2.26. The number of halogens is 6. The Morgan fingerprint density at radius 1 is 0.915 bits per heavy atom. The third-order valence-electron chi connectivity index (χ3n) is 7.85. The van der Waals surface area contributed by atoms with Gasteiger partial charge in [-0.1, -0.05) is 12.1 Å². The molecule has 3 aromatic carbocycles. The molecule has 1 unspecified atom stereocenters. The van der Waals surface area contributed by atoms with Gasteiger partial charge in [0.15, 0.2) is 0 Å². The maximum Gasteiger partial charge on any atom is 0.391 e. The maximum atomic E-state index is 14.5. The van der Waals surface area contributed by atoms with E-state index >= 15 is 0 Å². The fraction of sp³-hybridized carbons (Fsp3) is 0.235. The predicted molar refractivity (Wildman–Crippen MR) is 163 cm³/mol. The normalized spacial score (nSPS) is 13.0. The number of aryl methyl sites for hydroxylation is 2. The number of imidazole rings is 1. The number of nitrogens with one attached hydrogen (secondary N) is 2. The molecule has 0 aliphatic carbocycles. The highest BCUT2D eigenvalue weighted by atomic mass is 19.4. The summed E-state index contributed by atoms with van der Waals surface area (Å²) in [7, 11) is 1.33. The second kappa shape index (κ2) is 13.3. The molecule has 244 valence electrons. The molecule has 5 aromatic rings. The summed E-state index contributed by atoms with van der Waals surface area (Å²) in [6, 6.07) is 9.86. The van der Waals surface area contributed by atoms with Crippen LogP contribution in [-0.2, 0) is 11.2 Å². The van der Waals surface area contributed by atoms with Gasteiger partial charge in [0.2, 0.25) is 5.91 Å². The Balaban J connectivity index is 1.62. The number of amides is 2. The Hall–Kier alpha value is -5.20. The zero-order valence-corrected chi connectivity index (χ0v) is 25.4. The first-order valence-corrected chi connectivity index (χ1v) is 14.5. The van der Waals surface area contributed by atoms with Crippen LogP contribution >= 0.6 is 0 Å². The van der Waals surface area contributed by atoms with Crippen LogP contribution in [0.1, 0.15) is 51.2 Å². The predicted octanol–water partition coefficient (Wildman–Crippen LogP) is 7.09. The number of alkyl halides is 3. The minimum atomic E-state index is -4.76. The van der Waals surface area contributed by atoms with Crippen molar-refractivity contribution in [2.45, 2.75) is 44.9 Å². The van der Waals surface area contributed by atoms with Gasteiger partial charge in [0.1, 0.15) is 23.5 Å². The van der Waals surface area contributed by atoms with Gasteiger partial charge in [-0.3, -0.25) is 14.6 Å². The molecule has 0 aliphatic rings. The van der Waals surface area contributed by atoms with Gasteiger partial charge in [0.25, 0.3) is 5.91 Å². The second-order valence-electron chi connectivity index (χ2n) is 11.2. The van der Waals surface area contributed by atoms with Crippen LogP contribution in [-0.4, -0.2) is 39.6 Å². The molecule has 2 N–H and O–H groups in total. The van der Waals surface area contributed by atoms with Crippen molar-refractivity contribution in [3.63, 3.8) is 0 Å². The van der Waals surface area contributed by atoms with Crippen LogP contribution in [0.2, 0.25) is 0 Å². The SMILES string of the molecule is CNC(=O)c1cc(-c2cccnc2[C@H](Cc2cc(F)cc(F)c2)NC(=O)C(CC(F)(F)F)n2cnc3cc(C)c(C)cc32)ccc1F. The van der Waals surface area contributed by atoms with Gasteiger partial charge in [-0.25, -0.2) is 18.2 Å². The van der Waals surface area contributed by atoms with Crippen molar-refractivity contribution in [2.24, 2.45) is 0 Å². The van der Waals surface area contributed by atoms with Crippen molar-refractivity contribution in [1.29, 1.82) is 0 Å². The van der Waals surface area contributed by atoms with E-state index in [1.807, 2.05) is 6.92 Å². The monoisotopic (exact) mass is 653 g/mol. The van der Waals surface area contributed by atoms with Crippen LogP contribution in [0.25, 0.3) is 22.2 Å². The van der Waals surface area contributed by atoms with E-state index in [9.17, 15) is 35.9 Å². The molecule has 2 amide bonds. The Morgan fingerprint density at radius 3 is 2.30 bits per heavy atom. The Morgan fingerprint density at radius 2 is 1.62 bits per heavy atom. The number of carbonyl (C=O) groups excluding carboxylic acids is 2. The zero-order chi connectivity index (χ0) is 34.0. The highest BCUT2D eigenvalue weighted by molar-refractivity contribution is 5.95. The third-order valence-corrected chi connectivity index (χ3v) is 7.85. The van der Waals surface area contributed by atoms with Gasteiger partial charge in [0.05, 0.1) is 41.1 Å². The van der Waals surface area contributed by atoms with Gasteiger partial charge >= 0.3 is 6.18 Å².